The monoisotopic (exact) mass is 207 g/mol. The molecule has 1 saturated carbocycles. The van der Waals surface area contributed by atoms with E-state index in [1.54, 1.807) is 6.92 Å². The molecule has 0 bridgehead atoms. The number of rotatable bonds is 1. The lowest BCUT2D eigenvalue weighted by molar-refractivity contribution is 0.187. The topological polar surface area (TPSA) is 26.0 Å². The maximum absolute atomic E-state index is 13.8. The molecule has 2 unspecified atom stereocenters. The highest BCUT2D eigenvalue weighted by molar-refractivity contribution is 5.34. The number of alkyl halides is 1. The normalized spacial score (nSPS) is 35.7. The first-order valence-electron chi connectivity index (χ1n) is 5.47. The molecular weight excluding hydrogens is 189 g/mol. The minimum absolute atomic E-state index is 0.435. The average Bonchev–Trinajstić information content (AvgIpc) is 2.42. The molecule has 1 fully saturated rings. The number of hydrogen-bond donors (Lipinski definition) is 1. The Balaban J connectivity index is 2.36. The highest BCUT2D eigenvalue weighted by Gasteiger charge is 2.44. The van der Waals surface area contributed by atoms with E-state index < -0.39 is 11.2 Å². The Morgan fingerprint density at radius 2 is 1.93 bits per heavy atom. The Morgan fingerprint density at radius 3 is 2.47 bits per heavy atom. The second-order valence-corrected chi connectivity index (χ2v) is 5.06. The van der Waals surface area contributed by atoms with Crippen LogP contribution in [0.1, 0.15) is 37.3 Å². The number of nitrogens with two attached hydrogens (primary N) is 1. The molecule has 15 heavy (non-hydrogen) atoms. The molecule has 1 aromatic rings. The Hall–Kier alpha value is -0.890. The zero-order valence-corrected chi connectivity index (χ0v) is 9.39. The molecule has 1 aliphatic rings. The largest absolute Gasteiger partial charge is 0.321 e. The fourth-order valence-corrected chi connectivity index (χ4v) is 2.68. The zero-order chi connectivity index (χ0) is 11.1. The van der Waals surface area contributed by atoms with Crippen molar-refractivity contribution in [2.45, 2.75) is 44.3 Å². The van der Waals surface area contributed by atoms with Gasteiger partial charge in [-0.2, -0.15) is 0 Å². The maximum atomic E-state index is 13.8. The first kappa shape index (κ1) is 10.6. The van der Waals surface area contributed by atoms with Gasteiger partial charge in [-0.3, -0.25) is 0 Å². The van der Waals surface area contributed by atoms with Gasteiger partial charge in [0.2, 0.25) is 0 Å². The third kappa shape index (κ3) is 1.91. The van der Waals surface area contributed by atoms with Crippen molar-refractivity contribution in [3.63, 3.8) is 0 Å². The third-order valence-electron chi connectivity index (χ3n) is 3.46. The Morgan fingerprint density at radius 1 is 1.27 bits per heavy atom. The van der Waals surface area contributed by atoms with E-state index in [1.807, 2.05) is 31.2 Å². The van der Waals surface area contributed by atoms with Crippen molar-refractivity contribution in [1.82, 2.24) is 0 Å². The van der Waals surface area contributed by atoms with Crippen LogP contribution < -0.4 is 5.73 Å². The second-order valence-electron chi connectivity index (χ2n) is 5.06. The van der Waals surface area contributed by atoms with E-state index >= 15 is 0 Å². The van der Waals surface area contributed by atoms with Gasteiger partial charge in [0.1, 0.15) is 5.67 Å². The molecule has 1 nitrogen and oxygen atoms in total. The van der Waals surface area contributed by atoms with Crippen LogP contribution in [0.5, 0.6) is 0 Å². The quantitative estimate of drug-likeness (QED) is 0.752. The van der Waals surface area contributed by atoms with Crippen LogP contribution in [-0.2, 0) is 5.54 Å². The molecule has 2 N–H and O–H groups in total. The SMILES string of the molecule is Cc1ccccc1C1(N)CCC(C)(F)C1. The number of halogens is 1. The lowest BCUT2D eigenvalue weighted by Gasteiger charge is -2.27. The van der Waals surface area contributed by atoms with Crippen molar-refractivity contribution < 1.29 is 4.39 Å². The van der Waals surface area contributed by atoms with Gasteiger partial charge in [-0.05, 0) is 37.8 Å². The molecule has 1 aliphatic carbocycles. The van der Waals surface area contributed by atoms with E-state index in [1.165, 1.54) is 0 Å². The molecule has 2 rings (SSSR count). The van der Waals surface area contributed by atoms with Gasteiger partial charge in [0.15, 0.2) is 0 Å². The van der Waals surface area contributed by atoms with Gasteiger partial charge in [0.25, 0.3) is 0 Å². The summed E-state index contributed by atoms with van der Waals surface area (Å²) in [6.45, 7) is 3.69. The first-order chi connectivity index (χ1) is 6.93. The summed E-state index contributed by atoms with van der Waals surface area (Å²) in [6.07, 6.45) is 1.74. The van der Waals surface area contributed by atoms with Crippen LogP contribution in [0.25, 0.3) is 0 Å². The maximum Gasteiger partial charge on any atom is 0.110 e. The van der Waals surface area contributed by atoms with Gasteiger partial charge in [0.05, 0.1) is 0 Å². The van der Waals surface area contributed by atoms with Crippen LogP contribution in [0.2, 0.25) is 0 Å². The van der Waals surface area contributed by atoms with Crippen LogP contribution in [0.4, 0.5) is 4.39 Å². The highest BCUT2D eigenvalue weighted by atomic mass is 19.1. The van der Waals surface area contributed by atoms with E-state index in [-0.39, 0.29) is 0 Å². The summed E-state index contributed by atoms with van der Waals surface area (Å²) in [7, 11) is 0. The number of aryl methyl sites for hydroxylation is 1. The van der Waals surface area contributed by atoms with E-state index in [0.717, 1.165) is 17.5 Å². The molecule has 0 aromatic heterocycles. The summed E-state index contributed by atoms with van der Waals surface area (Å²) >= 11 is 0. The second kappa shape index (κ2) is 3.31. The lowest BCUT2D eigenvalue weighted by atomic mass is 9.85. The van der Waals surface area contributed by atoms with Gasteiger partial charge < -0.3 is 5.73 Å². The fraction of sp³-hybridized carbons (Fsp3) is 0.538. The van der Waals surface area contributed by atoms with Gasteiger partial charge in [-0.25, -0.2) is 4.39 Å². The third-order valence-corrected chi connectivity index (χ3v) is 3.46. The van der Waals surface area contributed by atoms with Gasteiger partial charge >= 0.3 is 0 Å². The summed E-state index contributed by atoms with van der Waals surface area (Å²) < 4.78 is 13.8. The first-order valence-corrected chi connectivity index (χ1v) is 5.47. The molecule has 2 heteroatoms. The molecule has 0 radical (unpaired) electrons. The van der Waals surface area contributed by atoms with Crippen molar-refractivity contribution in [2.24, 2.45) is 5.73 Å². The van der Waals surface area contributed by atoms with E-state index in [9.17, 15) is 4.39 Å². The van der Waals surface area contributed by atoms with E-state index in [4.69, 9.17) is 5.73 Å². The molecule has 0 spiro atoms. The summed E-state index contributed by atoms with van der Waals surface area (Å²) in [5.74, 6) is 0. The lowest BCUT2D eigenvalue weighted by Crippen LogP contribution is -2.36. The molecule has 1 aromatic carbocycles. The van der Waals surface area contributed by atoms with Crippen molar-refractivity contribution in [3.8, 4) is 0 Å². The fourth-order valence-electron chi connectivity index (χ4n) is 2.68. The summed E-state index contributed by atoms with van der Waals surface area (Å²) in [6, 6.07) is 8.03. The predicted octanol–water partition coefficient (Wildman–Crippen LogP) is 3.06. The van der Waals surface area contributed by atoms with E-state index in [0.29, 0.717) is 12.8 Å². The Bertz CT molecular complexity index is 373. The van der Waals surface area contributed by atoms with Crippen LogP contribution in [0, 0.1) is 6.92 Å². The van der Waals surface area contributed by atoms with Gasteiger partial charge in [-0.1, -0.05) is 24.3 Å². The summed E-state index contributed by atoms with van der Waals surface area (Å²) in [4.78, 5) is 0. The molecule has 0 aliphatic heterocycles. The standard InChI is InChI=1S/C13H18FN/c1-10-5-3-4-6-11(10)13(15)8-7-12(2,14)9-13/h3-6H,7-9,15H2,1-2H3. The summed E-state index contributed by atoms with van der Waals surface area (Å²) in [5, 5.41) is 0. The highest BCUT2D eigenvalue weighted by Crippen LogP contribution is 2.45. The van der Waals surface area contributed by atoms with Crippen LogP contribution in [0.15, 0.2) is 24.3 Å². The van der Waals surface area contributed by atoms with E-state index in [2.05, 4.69) is 0 Å². The van der Waals surface area contributed by atoms with Crippen LogP contribution in [0.3, 0.4) is 0 Å². The molecule has 0 amide bonds. The van der Waals surface area contributed by atoms with Crippen LogP contribution >= 0.6 is 0 Å². The molecule has 2 atom stereocenters. The minimum Gasteiger partial charge on any atom is -0.321 e. The number of benzene rings is 1. The Kier molecular flexibility index (Phi) is 2.34. The number of hydrogen-bond acceptors (Lipinski definition) is 1. The smallest absolute Gasteiger partial charge is 0.110 e. The predicted molar refractivity (Wildman–Crippen MR) is 60.4 cm³/mol. The molecule has 0 saturated heterocycles. The van der Waals surface area contributed by atoms with Gasteiger partial charge in [-0.15, -0.1) is 0 Å². The van der Waals surface area contributed by atoms with Crippen molar-refractivity contribution in [3.05, 3.63) is 35.4 Å². The van der Waals surface area contributed by atoms with Crippen molar-refractivity contribution in [1.29, 1.82) is 0 Å². The molecular formula is C13H18FN. The zero-order valence-electron chi connectivity index (χ0n) is 9.39. The summed E-state index contributed by atoms with van der Waals surface area (Å²) in [5.41, 5.74) is 7.02. The minimum atomic E-state index is -1.10. The molecule has 82 valence electrons. The Labute approximate surface area is 90.5 Å². The van der Waals surface area contributed by atoms with Gasteiger partial charge in [0, 0.05) is 12.0 Å². The average molecular weight is 207 g/mol. The van der Waals surface area contributed by atoms with Crippen molar-refractivity contribution in [2.75, 3.05) is 0 Å². The molecule has 0 heterocycles. The van der Waals surface area contributed by atoms with Crippen molar-refractivity contribution >= 4 is 0 Å². The van der Waals surface area contributed by atoms with Crippen LogP contribution in [-0.4, -0.2) is 5.67 Å².